The molecule has 0 saturated heterocycles. The number of benzene rings is 1. The summed E-state index contributed by atoms with van der Waals surface area (Å²) in [4.78, 5) is 3.74. The van der Waals surface area contributed by atoms with Gasteiger partial charge in [-0.05, 0) is 24.9 Å². The van der Waals surface area contributed by atoms with Crippen LogP contribution in [0.5, 0.6) is 0 Å². The number of amidine groups is 1. The van der Waals surface area contributed by atoms with E-state index in [1.165, 1.54) is 0 Å². The molecule has 11 heavy (non-hydrogen) atoms. The summed E-state index contributed by atoms with van der Waals surface area (Å²) < 4.78 is 0. The van der Waals surface area contributed by atoms with Crippen molar-refractivity contribution >= 4 is 18.2 Å². The maximum atomic E-state index is 5.37. The average Bonchev–Trinajstić information content (AvgIpc) is 2.05. The highest BCUT2D eigenvalue weighted by molar-refractivity contribution is 5.93. The molecule has 0 spiro atoms. The van der Waals surface area contributed by atoms with Gasteiger partial charge < -0.3 is 0 Å². The van der Waals surface area contributed by atoms with E-state index >= 15 is 0 Å². The Kier molecular flexibility index (Phi) is 2.01. The third-order valence-electron chi connectivity index (χ3n) is 1.36. The van der Waals surface area contributed by atoms with Gasteiger partial charge in [0.15, 0.2) is 0 Å². The Hall–Kier alpha value is -1.64. The predicted octanol–water partition coefficient (Wildman–Crippen LogP) is -0.517. The Bertz CT molecular complexity index is 291. The van der Waals surface area contributed by atoms with E-state index in [2.05, 4.69) is 11.7 Å². The van der Waals surface area contributed by atoms with Crippen molar-refractivity contribution < 1.29 is 5.41 Å². The van der Waals surface area contributed by atoms with Gasteiger partial charge in [-0.25, -0.2) is 0 Å². The van der Waals surface area contributed by atoms with E-state index in [-0.39, 0.29) is 0 Å². The van der Waals surface area contributed by atoms with Crippen molar-refractivity contribution in [2.45, 2.75) is 0 Å². The van der Waals surface area contributed by atoms with Crippen LogP contribution < -0.4 is 11.1 Å². The van der Waals surface area contributed by atoms with Gasteiger partial charge in [-0.15, -0.1) is 0 Å². The van der Waals surface area contributed by atoms with Crippen molar-refractivity contribution in [1.29, 1.82) is 0 Å². The van der Waals surface area contributed by atoms with Gasteiger partial charge in [0.05, 0.1) is 11.3 Å². The minimum absolute atomic E-state index is 0.301. The lowest BCUT2D eigenvalue weighted by atomic mass is 10.2. The molecule has 0 aliphatic carbocycles. The molecule has 0 aliphatic heterocycles. The molecule has 0 heterocycles. The molecule has 56 valence electrons. The predicted molar refractivity (Wildman–Crippen MR) is 45.9 cm³/mol. The zero-order chi connectivity index (χ0) is 8.27. The van der Waals surface area contributed by atoms with Crippen molar-refractivity contribution in [1.82, 2.24) is 0 Å². The molecule has 0 bridgehead atoms. The minimum atomic E-state index is 0.301. The van der Waals surface area contributed by atoms with Gasteiger partial charge in [0, 0.05) is 0 Å². The van der Waals surface area contributed by atoms with Gasteiger partial charge in [0.2, 0.25) is 0 Å². The molecule has 0 amide bonds. The summed E-state index contributed by atoms with van der Waals surface area (Å²) in [5.74, 6) is 0.301. The highest BCUT2D eigenvalue weighted by Gasteiger charge is 1.99. The van der Waals surface area contributed by atoms with Gasteiger partial charge in [0.1, 0.15) is 0 Å². The van der Waals surface area contributed by atoms with Crippen molar-refractivity contribution in [3.8, 4) is 0 Å². The molecule has 1 aromatic rings. The largest absolute Gasteiger partial charge is 0.287 e. The first-order valence-electron chi connectivity index (χ1n) is 3.19. The number of rotatable bonds is 2. The van der Waals surface area contributed by atoms with Crippen LogP contribution in [-0.2, 0) is 0 Å². The molecule has 0 radical (unpaired) electrons. The Morgan fingerprint density at radius 2 is 2.27 bits per heavy atom. The molecule has 0 atom stereocenters. The van der Waals surface area contributed by atoms with E-state index in [0.717, 1.165) is 11.3 Å². The van der Waals surface area contributed by atoms with Crippen molar-refractivity contribution in [3.63, 3.8) is 0 Å². The monoisotopic (exact) mass is 148 g/mol. The van der Waals surface area contributed by atoms with Crippen LogP contribution in [-0.4, -0.2) is 12.6 Å². The third-order valence-corrected chi connectivity index (χ3v) is 1.36. The number of hydrogen-bond donors (Lipinski definition) is 2. The summed E-state index contributed by atoms with van der Waals surface area (Å²) in [5.41, 5.74) is 6.93. The smallest absolute Gasteiger partial charge is 0.270 e. The molecule has 0 unspecified atom stereocenters. The van der Waals surface area contributed by atoms with Crippen LogP contribution in [0.2, 0.25) is 0 Å². The maximum absolute atomic E-state index is 5.37. The molecule has 0 saturated carbocycles. The van der Waals surface area contributed by atoms with Crippen LogP contribution in [0.15, 0.2) is 29.3 Å². The molecule has 1 aromatic carbocycles. The fraction of sp³-hybridized carbons (Fsp3) is 0. The summed E-state index contributed by atoms with van der Waals surface area (Å²) in [6, 6.07) is 7.27. The summed E-state index contributed by atoms with van der Waals surface area (Å²) in [7, 11) is 0. The Balaban J connectivity index is 3.10. The van der Waals surface area contributed by atoms with Gasteiger partial charge in [-0.3, -0.25) is 16.1 Å². The van der Waals surface area contributed by atoms with E-state index in [1.54, 1.807) is 6.07 Å². The van der Waals surface area contributed by atoms with Crippen molar-refractivity contribution in [2.24, 2.45) is 10.7 Å². The molecular weight excluding hydrogens is 138 g/mol. The second-order valence-corrected chi connectivity index (χ2v) is 2.16. The van der Waals surface area contributed by atoms with Crippen LogP contribution in [0.4, 0.5) is 5.69 Å². The molecular formula is C8H10N3+. The first kappa shape index (κ1) is 7.47. The van der Waals surface area contributed by atoms with Crippen LogP contribution in [0.25, 0.3) is 0 Å². The van der Waals surface area contributed by atoms with Crippen LogP contribution in [0.3, 0.4) is 0 Å². The van der Waals surface area contributed by atoms with Crippen molar-refractivity contribution in [3.05, 3.63) is 29.8 Å². The van der Waals surface area contributed by atoms with Gasteiger partial charge in [0.25, 0.3) is 5.84 Å². The van der Waals surface area contributed by atoms with Crippen LogP contribution in [0, 0.1) is 0 Å². The SMILES string of the molecule is C=Nc1cccc(C(N)=[NH2+])c1. The normalized spacial score (nSPS) is 9.09. The lowest BCUT2D eigenvalue weighted by Crippen LogP contribution is -2.46. The Morgan fingerprint density at radius 1 is 1.55 bits per heavy atom. The second-order valence-electron chi connectivity index (χ2n) is 2.16. The molecule has 3 nitrogen and oxygen atoms in total. The summed E-state index contributed by atoms with van der Waals surface area (Å²) in [6.07, 6.45) is 0. The van der Waals surface area contributed by atoms with E-state index < -0.39 is 0 Å². The van der Waals surface area contributed by atoms with Gasteiger partial charge >= 0.3 is 0 Å². The van der Waals surface area contributed by atoms with E-state index in [1.807, 2.05) is 18.2 Å². The fourth-order valence-electron chi connectivity index (χ4n) is 0.784. The second kappa shape index (κ2) is 2.96. The standard InChI is InChI=1S/C8H9N3/c1-11-7-4-2-3-6(5-7)8(9)10/h2-5H,1H2,(H3,9,10)/p+1. The number of nitrogens with zero attached hydrogens (tertiary/aromatic N) is 1. The number of hydrogen-bond acceptors (Lipinski definition) is 1. The molecule has 0 aromatic heterocycles. The molecule has 0 aliphatic rings. The van der Waals surface area contributed by atoms with E-state index in [9.17, 15) is 0 Å². The number of aliphatic imine (C=N–C) groups is 1. The molecule has 4 N–H and O–H groups in total. The summed E-state index contributed by atoms with van der Waals surface area (Å²) in [6.45, 7) is 3.39. The molecule has 3 heteroatoms. The van der Waals surface area contributed by atoms with Crippen molar-refractivity contribution in [2.75, 3.05) is 0 Å². The first-order valence-corrected chi connectivity index (χ1v) is 3.19. The fourth-order valence-corrected chi connectivity index (χ4v) is 0.784. The van der Waals surface area contributed by atoms with E-state index in [0.29, 0.717) is 5.84 Å². The van der Waals surface area contributed by atoms with E-state index in [4.69, 9.17) is 11.1 Å². The molecule has 0 fully saturated rings. The Morgan fingerprint density at radius 3 is 2.82 bits per heavy atom. The van der Waals surface area contributed by atoms with Crippen LogP contribution in [0.1, 0.15) is 5.56 Å². The lowest BCUT2D eigenvalue weighted by molar-refractivity contribution is -0.114. The molecule has 1 rings (SSSR count). The first-order chi connectivity index (χ1) is 5.24. The number of nitrogens with two attached hydrogens (primary N) is 2. The zero-order valence-corrected chi connectivity index (χ0v) is 6.12. The topological polar surface area (TPSA) is 64.0 Å². The summed E-state index contributed by atoms with van der Waals surface area (Å²) >= 11 is 0. The zero-order valence-electron chi connectivity index (χ0n) is 6.12. The van der Waals surface area contributed by atoms with Crippen LogP contribution >= 0.6 is 0 Å². The Labute approximate surface area is 65.1 Å². The minimum Gasteiger partial charge on any atom is -0.287 e. The third kappa shape index (κ3) is 1.64. The van der Waals surface area contributed by atoms with Gasteiger partial charge in [-0.1, -0.05) is 6.07 Å². The lowest BCUT2D eigenvalue weighted by Gasteiger charge is -1.93. The van der Waals surface area contributed by atoms with Gasteiger partial charge in [-0.2, -0.15) is 0 Å². The summed E-state index contributed by atoms with van der Waals surface area (Å²) in [5, 5.41) is 5.37. The quantitative estimate of drug-likeness (QED) is 0.430. The highest BCUT2D eigenvalue weighted by Crippen LogP contribution is 2.11. The highest BCUT2D eigenvalue weighted by atomic mass is 14.7. The average molecular weight is 148 g/mol. The maximum Gasteiger partial charge on any atom is 0.270 e.